The van der Waals surface area contributed by atoms with Gasteiger partial charge in [0.15, 0.2) is 0 Å². The Morgan fingerprint density at radius 2 is 1.60 bits per heavy atom. The second-order valence-corrected chi connectivity index (χ2v) is 4.23. The van der Waals surface area contributed by atoms with Crippen molar-refractivity contribution >= 4 is 11.8 Å². The fraction of sp³-hybridized carbons (Fsp3) is 0.818. The fourth-order valence-corrected chi connectivity index (χ4v) is 1.30. The summed E-state index contributed by atoms with van der Waals surface area (Å²) in [6.07, 6.45) is -4.46. The Balaban J connectivity index is 4.07. The molecule has 0 bridgehead atoms. The molecular weight excluding hydrogens is 279 g/mol. The largest absolute Gasteiger partial charge is 0.405 e. The maximum Gasteiger partial charge on any atom is 0.405 e. The van der Waals surface area contributed by atoms with Gasteiger partial charge in [0.2, 0.25) is 11.8 Å². The first-order valence-corrected chi connectivity index (χ1v) is 6.04. The van der Waals surface area contributed by atoms with E-state index in [2.05, 4.69) is 10.6 Å². The van der Waals surface area contributed by atoms with Gasteiger partial charge in [-0.2, -0.15) is 13.2 Å². The van der Waals surface area contributed by atoms with Crippen LogP contribution >= 0.6 is 0 Å². The molecule has 0 aromatic rings. The highest BCUT2D eigenvalue weighted by Gasteiger charge is 2.29. The van der Waals surface area contributed by atoms with Crippen molar-refractivity contribution in [2.45, 2.75) is 32.1 Å². The molecule has 2 atom stereocenters. The third-order valence-corrected chi connectivity index (χ3v) is 2.36. The lowest BCUT2D eigenvalue weighted by molar-refractivity contribution is -0.139. The van der Waals surface area contributed by atoms with Crippen LogP contribution in [0.3, 0.4) is 0 Å². The summed E-state index contributed by atoms with van der Waals surface area (Å²) < 4.78 is 40.5. The molecule has 0 aromatic carbocycles. The van der Waals surface area contributed by atoms with Crippen molar-refractivity contribution in [1.29, 1.82) is 0 Å². The number of hydrogen-bond donors (Lipinski definition) is 3. The Kier molecular flexibility index (Phi) is 8.16. The van der Waals surface area contributed by atoms with E-state index in [1.165, 1.54) is 21.0 Å². The summed E-state index contributed by atoms with van der Waals surface area (Å²) >= 11 is 0. The molecular formula is C11H20F3N3O3. The molecule has 118 valence electrons. The maximum atomic E-state index is 11.9. The zero-order valence-electron chi connectivity index (χ0n) is 11.6. The summed E-state index contributed by atoms with van der Waals surface area (Å²) in [6.45, 7) is 2.16. The van der Waals surface area contributed by atoms with Gasteiger partial charge >= 0.3 is 6.18 Å². The van der Waals surface area contributed by atoms with Crippen molar-refractivity contribution in [2.24, 2.45) is 0 Å². The van der Waals surface area contributed by atoms with Gasteiger partial charge in [0, 0.05) is 13.7 Å². The van der Waals surface area contributed by atoms with Crippen LogP contribution in [-0.4, -0.2) is 56.9 Å². The predicted molar refractivity (Wildman–Crippen MR) is 66.0 cm³/mol. The van der Waals surface area contributed by atoms with E-state index in [-0.39, 0.29) is 5.91 Å². The summed E-state index contributed by atoms with van der Waals surface area (Å²) in [7, 11) is 1.49. The van der Waals surface area contributed by atoms with Crippen LogP contribution in [0, 0.1) is 0 Å². The Morgan fingerprint density at radius 1 is 1.10 bits per heavy atom. The highest BCUT2D eigenvalue weighted by molar-refractivity contribution is 5.84. The number of alkyl halides is 3. The Bertz CT molecular complexity index is 324. The number of amides is 2. The fourth-order valence-electron chi connectivity index (χ4n) is 1.30. The van der Waals surface area contributed by atoms with Crippen LogP contribution in [0.15, 0.2) is 0 Å². The molecule has 0 saturated heterocycles. The second-order valence-electron chi connectivity index (χ2n) is 4.23. The van der Waals surface area contributed by atoms with Crippen LogP contribution in [0.25, 0.3) is 0 Å². The van der Waals surface area contributed by atoms with E-state index in [0.717, 1.165) is 0 Å². The molecule has 0 radical (unpaired) electrons. The van der Waals surface area contributed by atoms with Crippen molar-refractivity contribution in [3.8, 4) is 0 Å². The van der Waals surface area contributed by atoms with Gasteiger partial charge in [0.1, 0.15) is 6.54 Å². The third-order valence-electron chi connectivity index (χ3n) is 2.36. The molecule has 6 nitrogen and oxygen atoms in total. The van der Waals surface area contributed by atoms with Crippen LogP contribution in [0.2, 0.25) is 0 Å². The van der Waals surface area contributed by atoms with Crippen LogP contribution in [0.1, 0.15) is 13.8 Å². The molecule has 0 spiro atoms. The van der Waals surface area contributed by atoms with Crippen molar-refractivity contribution < 1.29 is 27.5 Å². The maximum absolute atomic E-state index is 11.9. The molecule has 0 heterocycles. The van der Waals surface area contributed by atoms with Crippen molar-refractivity contribution in [2.75, 3.05) is 26.8 Å². The highest BCUT2D eigenvalue weighted by Crippen LogP contribution is 2.12. The van der Waals surface area contributed by atoms with Gasteiger partial charge in [-0.25, -0.2) is 0 Å². The third kappa shape index (κ3) is 8.70. The molecule has 0 aliphatic heterocycles. The number of carbonyl (C=O) groups excluding carboxylic acids is 2. The van der Waals surface area contributed by atoms with Crippen LogP contribution in [0.4, 0.5) is 13.2 Å². The standard InChI is InChI=1S/C11H20F3N3O3/c1-7(9(18)15-4-5-20-3)17-8(2)10(19)16-6-11(12,13)14/h7-8,17H,4-6H2,1-3H3,(H,15,18)(H,16,19). The summed E-state index contributed by atoms with van der Waals surface area (Å²) in [6, 6.07) is -1.63. The summed E-state index contributed by atoms with van der Waals surface area (Å²) in [5, 5.41) is 6.90. The van der Waals surface area contributed by atoms with Crippen molar-refractivity contribution in [3.05, 3.63) is 0 Å². The molecule has 0 aliphatic carbocycles. The van der Waals surface area contributed by atoms with Gasteiger partial charge in [-0.3, -0.25) is 14.9 Å². The lowest BCUT2D eigenvalue weighted by Gasteiger charge is -2.19. The average molecular weight is 299 g/mol. The molecule has 0 aliphatic rings. The minimum absolute atomic E-state index is 0.315. The van der Waals surface area contributed by atoms with Gasteiger partial charge in [-0.05, 0) is 13.8 Å². The smallest absolute Gasteiger partial charge is 0.383 e. The van der Waals surface area contributed by atoms with Gasteiger partial charge in [0.05, 0.1) is 18.7 Å². The average Bonchev–Trinajstić information content (AvgIpc) is 2.34. The van der Waals surface area contributed by atoms with E-state index in [9.17, 15) is 22.8 Å². The first-order valence-electron chi connectivity index (χ1n) is 6.04. The number of ether oxygens (including phenoxy) is 1. The zero-order valence-corrected chi connectivity index (χ0v) is 11.6. The zero-order chi connectivity index (χ0) is 15.8. The summed E-state index contributed by atoms with van der Waals surface area (Å²) in [5.74, 6) is -1.18. The minimum atomic E-state index is -4.46. The van der Waals surface area contributed by atoms with Crippen LogP contribution < -0.4 is 16.0 Å². The Hall–Kier alpha value is -1.35. The summed E-state index contributed by atoms with van der Waals surface area (Å²) in [4.78, 5) is 22.9. The van der Waals surface area contributed by atoms with Crippen LogP contribution in [-0.2, 0) is 14.3 Å². The number of carbonyl (C=O) groups is 2. The molecule has 0 saturated carbocycles. The lowest BCUT2D eigenvalue weighted by Crippen LogP contribution is -2.52. The number of rotatable bonds is 8. The molecule has 0 fully saturated rings. The predicted octanol–water partition coefficient (Wildman–Crippen LogP) is -0.206. The molecule has 2 amide bonds. The molecule has 0 aromatic heterocycles. The monoisotopic (exact) mass is 299 g/mol. The minimum Gasteiger partial charge on any atom is -0.383 e. The number of hydrogen-bond acceptors (Lipinski definition) is 4. The molecule has 3 N–H and O–H groups in total. The normalized spacial score (nSPS) is 14.5. The van der Waals surface area contributed by atoms with E-state index in [0.29, 0.717) is 13.2 Å². The van der Waals surface area contributed by atoms with E-state index in [4.69, 9.17) is 4.74 Å². The lowest BCUT2D eigenvalue weighted by atomic mass is 10.2. The van der Waals surface area contributed by atoms with Gasteiger partial charge in [-0.15, -0.1) is 0 Å². The van der Waals surface area contributed by atoms with Gasteiger partial charge in [0.25, 0.3) is 0 Å². The highest BCUT2D eigenvalue weighted by atomic mass is 19.4. The first-order chi connectivity index (χ1) is 9.17. The van der Waals surface area contributed by atoms with Crippen molar-refractivity contribution in [1.82, 2.24) is 16.0 Å². The van der Waals surface area contributed by atoms with E-state index in [1.807, 2.05) is 0 Å². The Labute approximate surface area is 115 Å². The van der Waals surface area contributed by atoms with E-state index >= 15 is 0 Å². The molecule has 9 heteroatoms. The van der Waals surface area contributed by atoms with E-state index in [1.54, 1.807) is 5.32 Å². The Morgan fingerprint density at radius 3 is 2.05 bits per heavy atom. The van der Waals surface area contributed by atoms with Crippen LogP contribution in [0.5, 0.6) is 0 Å². The number of methoxy groups -OCH3 is 1. The molecule has 20 heavy (non-hydrogen) atoms. The second kappa shape index (κ2) is 8.75. The summed E-state index contributed by atoms with van der Waals surface area (Å²) in [5.41, 5.74) is 0. The van der Waals surface area contributed by atoms with E-state index < -0.39 is 30.7 Å². The molecule has 0 rings (SSSR count). The van der Waals surface area contributed by atoms with Gasteiger partial charge in [-0.1, -0.05) is 0 Å². The van der Waals surface area contributed by atoms with Crippen molar-refractivity contribution in [3.63, 3.8) is 0 Å². The first kappa shape index (κ1) is 18.7. The number of halogens is 3. The SMILES string of the molecule is COCCNC(=O)C(C)NC(C)C(=O)NCC(F)(F)F. The molecule has 2 unspecified atom stereocenters. The quantitative estimate of drug-likeness (QED) is 0.542. The van der Waals surface area contributed by atoms with Gasteiger partial charge < -0.3 is 15.4 Å². The number of nitrogens with one attached hydrogen (secondary N) is 3. The topological polar surface area (TPSA) is 79.5 Å².